The van der Waals surface area contributed by atoms with Crippen LogP contribution in [0.2, 0.25) is 0 Å². The Kier molecular flexibility index (Phi) is 4.45. The molecule has 1 fully saturated rings. The Hall–Kier alpha value is -1.13. The summed E-state index contributed by atoms with van der Waals surface area (Å²) in [4.78, 5) is 5.92. The molecule has 0 aliphatic heterocycles. The molecule has 1 aliphatic rings. The molecule has 3 rings (SSSR count). The molecular formula is C17H25N3S. The topological polar surface area (TPSA) is 29.9 Å². The molecule has 0 saturated heterocycles. The lowest BCUT2D eigenvalue weighted by molar-refractivity contribution is 0.203. The van der Waals surface area contributed by atoms with Crippen LogP contribution in [-0.2, 0) is 7.05 Å². The normalized spacial score (nSPS) is 19.5. The zero-order chi connectivity index (χ0) is 14.7. The van der Waals surface area contributed by atoms with E-state index in [9.17, 15) is 0 Å². The number of thiophene rings is 1. The smallest absolute Gasteiger partial charge is 0.131 e. The lowest BCUT2D eigenvalue weighted by Gasteiger charge is -2.35. The van der Waals surface area contributed by atoms with Gasteiger partial charge in [-0.3, -0.25) is 0 Å². The van der Waals surface area contributed by atoms with Crippen LogP contribution < -0.4 is 5.32 Å². The summed E-state index contributed by atoms with van der Waals surface area (Å²) in [5, 5.41) is 5.95. The monoisotopic (exact) mass is 303 g/mol. The van der Waals surface area contributed by atoms with Gasteiger partial charge in [0.25, 0.3) is 0 Å². The zero-order valence-corrected chi connectivity index (χ0v) is 13.8. The van der Waals surface area contributed by atoms with Gasteiger partial charge >= 0.3 is 0 Å². The quantitative estimate of drug-likeness (QED) is 0.900. The van der Waals surface area contributed by atoms with E-state index in [0.717, 1.165) is 12.4 Å². The minimum Gasteiger partial charge on any atom is -0.336 e. The number of nitrogens with one attached hydrogen (secondary N) is 1. The van der Waals surface area contributed by atoms with Gasteiger partial charge in [0.05, 0.1) is 0 Å². The summed E-state index contributed by atoms with van der Waals surface area (Å²) >= 11 is 1.81. The molecule has 2 aromatic heterocycles. The van der Waals surface area contributed by atoms with E-state index in [1.807, 2.05) is 23.7 Å². The predicted molar refractivity (Wildman–Crippen MR) is 88.6 cm³/mol. The van der Waals surface area contributed by atoms with Crippen LogP contribution in [0.15, 0.2) is 29.9 Å². The van der Waals surface area contributed by atoms with Crippen molar-refractivity contribution in [1.82, 2.24) is 14.9 Å². The fraction of sp³-hybridized carbons (Fsp3) is 0.588. The van der Waals surface area contributed by atoms with Gasteiger partial charge in [-0.2, -0.15) is 0 Å². The number of hydrogen-bond acceptors (Lipinski definition) is 3. The largest absolute Gasteiger partial charge is 0.336 e. The third-order valence-corrected chi connectivity index (χ3v) is 5.68. The molecule has 1 unspecified atom stereocenters. The van der Waals surface area contributed by atoms with E-state index in [1.54, 1.807) is 0 Å². The van der Waals surface area contributed by atoms with Gasteiger partial charge in [0.1, 0.15) is 11.9 Å². The molecule has 114 valence electrons. The molecule has 4 heteroatoms. The third-order valence-electron chi connectivity index (χ3n) is 4.74. The molecule has 0 bridgehead atoms. The summed E-state index contributed by atoms with van der Waals surface area (Å²) in [5.74, 6) is 1.11. The average molecular weight is 303 g/mol. The molecule has 2 aromatic rings. The molecule has 0 amide bonds. The molecule has 1 aliphatic carbocycles. The maximum Gasteiger partial charge on any atom is 0.131 e. The summed E-state index contributed by atoms with van der Waals surface area (Å²) in [5.41, 5.74) is 0.443. The van der Waals surface area contributed by atoms with Crippen molar-refractivity contribution in [2.45, 2.75) is 45.1 Å². The highest BCUT2D eigenvalue weighted by molar-refractivity contribution is 7.10. The summed E-state index contributed by atoms with van der Waals surface area (Å²) in [7, 11) is 2.08. The number of aromatic nitrogens is 2. The summed E-state index contributed by atoms with van der Waals surface area (Å²) in [6.45, 7) is 3.51. The SMILES string of the molecule is Cn1ccnc1C(NCC1(C)CCCCC1)c1cccs1. The standard InChI is InChI=1S/C17H25N3S/c1-17(8-4-3-5-9-17)13-19-15(14-7-6-12-21-14)16-18-10-11-20(16)2/h6-7,10-12,15,19H,3-5,8-9,13H2,1-2H3. The Morgan fingerprint density at radius 1 is 1.38 bits per heavy atom. The number of hydrogen-bond donors (Lipinski definition) is 1. The van der Waals surface area contributed by atoms with Gasteiger partial charge in [0.15, 0.2) is 0 Å². The van der Waals surface area contributed by atoms with Crippen molar-refractivity contribution >= 4 is 11.3 Å². The van der Waals surface area contributed by atoms with Crippen LogP contribution in [0, 0.1) is 5.41 Å². The second-order valence-electron chi connectivity index (χ2n) is 6.60. The van der Waals surface area contributed by atoms with Gasteiger partial charge in [-0.1, -0.05) is 32.3 Å². The Labute approximate surface area is 131 Å². The fourth-order valence-corrected chi connectivity index (χ4v) is 4.16. The Bertz CT molecular complexity index is 552. The molecular weight excluding hydrogens is 278 g/mol. The first-order chi connectivity index (χ1) is 10.2. The summed E-state index contributed by atoms with van der Waals surface area (Å²) in [6.07, 6.45) is 10.8. The Morgan fingerprint density at radius 3 is 2.81 bits per heavy atom. The number of aryl methyl sites for hydroxylation is 1. The minimum absolute atomic E-state index is 0.212. The van der Waals surface area contributed by atoms with Gasteiger partial charge in [0.2, 0.25) is 0 Å². The van der Waals surface area contributed by atoms with E-state index in [0.29, 0.717) is 5.41 Å². The highest BCUT2D eigenvalue weighted by Gasteiger charge is 2.29. The Morgan fingerprint density at radius 2 is 2.19 bits per heavy atom. The zero-order valence-electron chi connectivity index (χ0n) is 13.0. The first-order valence-corrected chi connectivity index (χ1v) is 8.80. The molecule has 1 saturated carbocycles. The van der Waals surface area contributed by atoms with Gasteiger partial charge in [-0.25, -0.2) is 4.98 Å². The van der Waals surface area contributed by atoms with E-state index in [1.165, 1.54) is 37.0 Å². The van der Waals surface area contributed by atoms with Crippen molar-refractivity contribution in [3.63, 3.8) is 0 Å². The van der Waals surface area contributed by atoms with E-state index >= 15 is 0 Å². The third kappa shape index (κ3) is 3.38. The first kappa shape index (κ1) is 14.8. The Balaban J connectivity index is 1.76. The van der Waals surface area contributed by atoms with Gasteiger partial charge < -0.3 is 9.88 Å². The van der Waals surface area contributed by atoms with Crippen molar-refractivity contribution in [1.29, 1.82) is 0 Å². The van der Waals surface area contributed by atoms with Gasteiger partial charge in [-0.05, 0) is 29.7 Å². The molecule has 2 heterocycles. The van der Waals surface area contributed by atoms with Crippen molar-refractivity contribution in [3.8, 4) is 0 Å². The van der Waals surface area contributed by atoms with Gasteiger partial charge in [0, 0.05) is 30.9 Å². The van der Waals surface area contributed by atoms with Crippen LogP contribution in [0.3, 0.4) is 0 Å². The van der Waals surface area contributed by atoms with E-state index in [4.69, 9.17) is 0 Å². The lowest BCUT2D eigenvalue weighted by Crippen LogP contribution is -2.36. The highest BCUT2D eigenvalue weighted by Crippen LogP contribution is 2.36. The summed E-state index contributed by atoms with van der Waals surface area (Å²) < 4.78 is 2.13. The van der Waals surface area contributed by atoms with Crippen LogP contribution in [-0.4, -0.2) is 16.1 Å². The van der Waals surface area contributed by atoms with Crippen LogP contribution in [0.25, 0.3) is 0 Å². The van der Waals surface area contributed by atoms with Crippen molar-refractivity contribution in [2.24, 2.45) is 12.5 Å². The lowest BCUT2D eigenvalue weighted by atomic mass is 9.75. The van der Waals surface area contributed by atoms with Gasteiger partial charge in [-0.15, -0.1) is 11.3 Å². The second kappa shape index (κ2) is 6.32. The van der Waals surface area contributed by atoms with Crippen LogP contribution in [0.4, 0.5) is 0 Å². The second-order valence-corrected chi connectivity index (χ2v) is 7.58. The maximum absolute atomic E-state index is 4.57. The molecule has 0 spiro atoms. The summed E-state index contributed by atoms with van der Waals surface area (Å²) in [6, 6.07) is 4.55. The molecule has 21 heavy (non-hydrogen) atoms. The number of nitrogens with zero attached hydrogens (tertiary/aromatic N) is 2. The number of imidazole rings is 1. The first-order valence-electron chi connectivity index (χ1n) is 7.92. The molecule has 1 atom stereocenters. The number of rotatable bonds is 5. The molecule has 1 N–H and O–H groups in total. The van der Waals surface area contributed by atoms with Crippen molar-refractivity contribution in [2.75, 3.05) is 6.54 Å². The fourth-order valence-electron chi connectivity index (χ4n) is 3.36. The predicted octanol–water partition coefficient (Wildman–Crippen LogP) is 4.13. The molecule has 3 nitrogen and oxygen atoms in total. The van der Waals surface area contributed by atoms with E-state index in [2.05, 4.69) is 46.4 Å². The van der Waals surface area contributed by atoms with Crippen molar-refractivity contribution in [3.05, 3.63) is 40.6 Å². The molecule has 0 radical (unpaired) electrons. The van der Waals surface area contributed by atoms with Crippen molar-refractivity contribution < 1.29 is 0 Å². The molecule has 0 aromatic carbocycles. The minimum atomic E-state index is 0.212. The van der Waals surface area contributed by atoms with E-state index in [-0.39, 0.29) is 6.04 Å². The van der Waals surface area contributed by atoms with Crippen LogP contribution in [0.1, 0.15) is 55.8 Å². The average Bonchev–Trinajstić information content (AvgIpc) is 3.13. The van der Waals surface area contributed by atoms with Crippen LogP contribution in [0.5, 0.6) is 0 Å². The highest BCUT2D eigenvalue weighted by atomic mass is 32.1. The maximum atomic E-state index is 4.57. The van der Waals surface area contributed by atoms with E-state index < -0.39 is 0 Å². The van der Waals surface area contributed by atoms with Crippen LogP contribution >= 0.6 is 11.3 Å².